The van der Waals surface area contributed by atoms with Crippen molar-refractivity contribution in [2.75, 3.05) is 37.6 Å². The molecule has 8 heteroatoms. The van der Waals surface area contributed by atoms with Crippen LogP contribution in [0.2, 0.25) is 0 Å². The van der Waals surface area contributed by atoms with E-state index < -0.39 is 11.7 Å². The van der Waals surface area contributed by atoms with Crippen LogP contribution in [0.25, 0.3) is 0 Å². The van der Waals surface area contributed by atoms with E-state index in [0.29, 0.717) is 38.5 Å². The smallest absolute Gasteiger partial charge is 0.354 e. The maximum absolute atomic E-state index is 12.8. The number of aldehydes is 1. The minimum absolute atomic E-state index is 0.311. The zero-order chi connectivity index (χ0) is 18.6. The lowest BCUT2D eigenvalue weighted by Gasteiger charge is -2.36. The summed E-state index contributed by atoms with van der Waals surface area (Å²) in [6.07, 6.45) is -0.639. The fourth-order valence-corrected chi connectivity index (χ4v) is 3.01. The quantitative estimate of drug-likeness (QED) is 0.764. The molecule has 0 aliphatic carbocycles. The largest absolute Gasteiger partial charge is 0.416 e. The molecule has 1 fully saturated rings. The number of carbonyl (C=O) groups is 1. The van der Waals surface area contributed by atoms with E-state index in [4.69, 9.17) is 0 Å². The Labute approximate surface area is 149 Å². The minimum atomic E-state index is -4.38. The molecule has 26 heavy (non-hydrogen) atoms. The van der Waals surface area contributed by atoms with Crippen LogP contribution in [-0.2, 0) is 11.0 Å². The van der Waals surface area contributed by atoms with Crippen molar-refractivity contribution in [1.82, 2.24) is 14.9 Å². The number of anilines is 1. The van der Waals surface area contributed by atoms with E-state index in [-0.39, 0.29) is 5.92 Å². The molecular formula is C18H19F3N4O. The second-order valence-corrected chi connectivity index (χ2v) is 6.19. The fourth-order valence-electron chi connectivity index (χ4n) is 3.01. The van der Waals surface area contributed by atoms with Gasteiger partial charge in [-0.05, 0) is 24.3 Å². The number of aromatic nitrogens is 2. The molecule has 1 saturated heterocycles. The number of alkyl halides is 3. The number of rotatable bonds is 5. The van der Waals surface area contributed by atoms with E-state index in [1.807, 2.05) is 17.0 Å². The molecule has 1 aliphatic heterocycles. The molecule has 0 bridgehead atoms. The molecule has 0 radical (unpaired) electrons. The van der Waals surface area contributed by atoms with Crippen molar-refractivity contribution in [2.45, 2.75) is 12.1 Å². The van der Waals surface area contributed by atoms with Gasteiger partial charge in [-0.2, -0.15) is 13.2 Å². The molecule has 3 heterocycles. The Morgan fingerprint density at radius 2 is 1.85 bits per heavy atom. The van der Waals surface area contributed by atoms with Crippen molar-refractivity contribution in [3.8, 4) is 0 Å². The second-order valence-electron chi connectivity index (χ2n) is 6.19. The van der Waals surface area contributed by atoms with Crippen LogP contribution in [0.3, 0.4) is 0 Å². The number of halogens is 3. The fraction of sp³-hybridized carbons (Fsp3) is 0.389. The molecule has 0 N–H and O–H groups in total. The summed E-state index contributed by atoms with van der Waals surface area (Å²) in [5.74, 6) is 0.0190. The molecule has 0 aromatic carbocycles. The summed E-state index contributed by atoms with van der Waals surface area (Å²) < 4.78 is 38.5. The lowest BCUT2D eigenvalue weighted by molar-refractivity contribution is -0.137. The van der Waals surface area contributed by atoms with Crippen LogP contribution in [-0.4, -0.2) is 53.9 Å². The first-order chi connectivity index (χ1) is 12.5. The maximum atomic E-state index is 12.8. The number of carbonyl (C=O) groups excluding carboxylic acids is 1. The molecule has 0 spiro atoms. The van der Waals surface area contributed by atoms with Gasteiger partial charge in [0.05, 0.1) is 17.2 Å². The molecule has 2 aromatic heterocycles. The Balaban J connectivity index is 1.60. The third kappa shape index (κ3) is 4.37. The minimum Gasteiger partial charge on any atom is -0.354 e. The van der Waals surface area contributed by atoms with E-state index in [9.17, 15) is 18.0 Å². The average molecular weight is 364 g/mol. The predicted molar refractivity (Wildman–Crippen MR) is 90.9 cm³/mol. The Morgan fingerprint density at radius 3 is 2.46 bits per heavy atom. The Bertz CT molecular complexity index is 731. The Kier molecular flexibility index (Phi) is 5.51. The van der Waals surface area contributed by atoms with Gasteiger partial charge in [0, 0.05) is 45.1 Å². The van der Waals surface area contributed by atoms with Crippen LogP contribution in [0.1, 0.15) is 17.2 Å². The monoisotopic (exact) mass is 364 g/mol. The molecule has 1 atom stereocenters. The van der Waals surface area contributed by atoms with E-state index in [1.165, 1.54) is 6.20 Å². The summed E-state index contributed by atoms with van der Waals surface area (Å²) in [6, 6.07) is 7.52. The van der Waals surface area contributed by atoms with Gasteiger partial charge in [0.2, 0.25) is 0 Å². The van der Waals surface area contributed by atoms with Crippen LogP contribution in [0, 0.1) is 0 Å². The number of pyridine rings is 2. The zero-order valence-corrected chi connectivity index (χ0v) is 14.1. The SMILES string of the molecule is O=CC(CN1CCN(c2cc(C(F)(F)F)ccn2)CC1)c1ccccn1. The molecular weight excluding hydrogens is 345 g/mol. The maximum Gasteiger partial charge on any atom is 0.416 e. The normalized spacial score (nSPS) is 17.1. The topological polar surface area (TPSA) is 49.3 Å². The second kappa shape index (κ2) is 7.82. The highest BCUT2D eigenvalue weighted by molar-refractivity contribution is 5.61. The van der Waals surface area contributed by atoms with Gasteiger partial charge >= 0.3 is 6.18 Å². The van der Waals surface area contributed by atoms with Crippen LogP contribution in [0.15, 0.2) is 42.7 Å². The van der Waals surface area contributed by atoms with Crippen molar-refractivity contribution in [3.63, 3.8) is 0 Å². The zero-order valence-electron chi connectivity index (χ0n) is 14.1. The highest BCUT2D eigenvalue weighted by Crippen LogP contribution is 2.31. The summed E-state index contributed by atoms with van der Waals surface area (Å²) in [7, 11) is 0. The number of nitrogens with zero attached hydrogens (tertiary/aromatic N) is 4. The van der Waals surface area contributed by atoms with Gasteiger partial charge < -0.3 is 9.69 Å². The molecule has 138 valence electrons. The Hall–Kier alpha value is -2.48. The molecule has 1 aliphatic rings. The van der Waals surface area contributed by atoms with Gasteiger partial charge in [0.1, 0.15) is 12.1 Å². The van der Waals surface area contributed by atoms with Crippen LogP contribution >= 0.6 is 0 Å². The third-order valence-electron chi connectivity index (χ3n) is 4.46. The summed E-state index contributed by atoms with van der Waals surface area (Å²) in [6.45, 7) is 2.96. The summed E-state index contributed by atoms with van der Waals surface area (Å²) >= 11 is 0. The third-order valence-corrected chi connectivity index (χ3v) is 4.46. The van der Waals surface area contributed by atoms with Gasteiger partial charge in [0.25, 0.3) is 0 Å². The van der Waals surface area contributed by atoms with E-state index >= 15 is 0 Å². The van der Waals surface area contributed by atoms with Gasteiger partial charge in [-0.3, -0.25) is 9.88 Å². The summed E-state index contributed by atoms with van der Waals surface area (Å²) in [4.78, 5) is 23.7. The van der Waals surface area contributed by atoms with Gasteiger partial charge in [0.15, 0.2) is 0 Å². The van der Waals surface area contributed by atoms with Gasteiger partial charge in [-0.1, -0.05) is 6.07 Å². The van der Waals surface area contributed by atoms with Crippen molar-refractivity contribution >= 4 is 12.1 Å². The highest BCUT2D eigenvalue weighted by atomic mass is 19.4. The molecule has 1 unspecified atom stereocenters. The highest BCUT2D eigenvalue weighted by Gasteiger charge is 2.31. The first-order valence-corrected chi connectivity index (χ1v) is 8.34. The molecule has 5 nitrogen and oxygen atoms in total. The van der Waals surface area contributed by atoms with Crippen LogP contribution in [0.5, 0.6) is 0 Å². The van der Waals surface area contributed by atoms with Crippen LogP contribution in [0.4, 0.5) is 19.0 Å². The van der Waals surface area contributed by atoms with Crippen molar-refractivity contribution < 1.29 is 18.0 Å². The molecule has 3 rings (SSSR count). The average Bonchev–Trinajstić information content (AvgIpc) is 2.67. The van der Waals surface area contributed by atoms with E-state index in [2.05, 4.69) is 14.9 Å². The predicted octanol–water partition coefficient (Wildman–Crippen LogP) is 2.60. The van der Waals surface area contributed by atoms with Crippen LogP contribution < -0.4 is 4.90 Å². The lowest BCUT2D eigenvalue weighted by atomic mass is 10.1. The van der Waals surface area contributed by atoms with Gasteiger partial charge in [-0.15, -0.1) is 0 Å². The lowest BCUT2D eigenvalue weighted by Crippen LogP contribution is -2.48. The van der Waals surface area contributed by atoms with Crippen molar-refractivity contribution in [3.05, 3.63) is 54.0 Å². The summed E-state index contributed by atoms with van der Waals surface area (Å²) in [5, 5.41) is 0. The number of hydrogen-bond acceptors (Lipinski definition) is 5. The first kappa shape index (κ1) is 18.3. The van der Waals surface area contributed by atoms with E-state index in [0.717, 1.165) is 24.1 Å². The number of piperazine rings is 1. The molecule has 2 aromatic rings. The Morgan fingerprint density at radius 1 is 1.08 bits per heavy atom. The van der Waals surface area contributed by atoms with Gasteiger partial charge in [-0.25, -0.2) is 4.98 Å². The number of hydrogen-bond donors (Lipinski definition) is 0. The molecule has 0 amide bonds. The first-order valence-electron chi connectivity index (χ1n) is 8.34. The molecule has 0 saturated carbocycles. The van der Waals surface area contributed by atoms with E-state index in [1.54, 1.807) is 12.3 Å². The standard InChI is InChI=1S/C18H19F3N4O/c19-18(20,21)15-4-6-23-17(11-15)25-9-7-24(8-10-25)12-14(13-26)16-3-1-2-5-22-16/h1-6,11,13-14H,7-10,12H2. The van der Waals surface area contributed by atoms with Crippen molar-refractivity contribution in [2.24, 2.45) is 0 Å². The van der Waals surface area contributed by atoms with Crippen molar-refractivity contribution in [1.29, 1.82) is 0 Å². The summed E-state index contributed by atoms with van der Waals surface area (Å²) in [5.41, 5.74) is 0.0329.